The van der Waals surface area contributed by atoms with E-state index in [1.165, 1.54) is 6.92 Å². The Kier molecular flexibility index (Phi) is 10.1. The van der Waals surface area contributed by atoms with Gasteiger partial charge in [0.15, 0.2) is 0 Å². The first kappa shape index (κ1) is 29.3. The van der Waals surface area contributed by atoms with Crippen molar-refractivity contribution in [2.45, 2.75) is 63.9 Å². The van der Waals surface area contributed by atoms with Gasteiger partial charge in [0, 0.05) is 17.1 Å². The Bertz CT molecular complexity index is 1150. The zero-order valence-electron chi connectivity index (χ0n) is 20.7. The monoisotopic (exact) mass is 519 g/mol. The van der Waals surface area contributed by atoms with Gasteiger partial charge in [0.05, 0.1) is 18.6 Å². The molecule has 0 radical (unpaired) electrons. The van der Waals surface area contributed by atoms with Gasteiger partial charge in [-0.1, -0.05) is 32.0 Å². The second kappa shape index (κ2) is 12.8. The molecule has 2 rings (SSSR count). The molecule has 0 saturated heterocycles. The molecule has 0 spiro atoms. The Hall–Kier alpha value is -3.97. The fourth-order valence-corrected chi connectivity index (χ4v) is 3.71. The number of benzene rings is 1. The quantitative estimate of drug-likeness (QED) is 0.164. The Balaban J connectivity index is 2.11. The van der Waals surface area contributed by atoms with E-state index in [1.54, 1.807) is 20.0 Å². The van der Waals surface area contributed by atoms with Crippen molar-refractivity contribution in [3.63, 3.8) is 0 Å². The minimum absolute atomic E-state index is 0.125. The van der Waals surface area contributed by atoms with E-state index in [4.69, 9.17) is 5.73 Å². The number of para-hydroxylation sites is 1. The molecule has 5 atom stereocenters. The van der Waals surface area contributed by atoms with Crippen molar-refractivity contribution in [3.05, 3.63) is 36.0 Å². The lowest BCUT2D eigenvalue weighted by Gasteiger charge is -2.26. The summed E-state index contributed by atoms with van der Waals surface area (Å²) in [6, 6.07) is 1.77. The number of aromatic nitrogens is 1. The van der Waals surface area contributed by atoms with Crippen LogP contribution in [0.2, 0.25) is 0 Å². The van der Waals surface area contributed by atoms with Crippen molar-refractivity contribution in [2.75, 3.05) is 0 Å². The number of aromatic amines is 1. The molecule has 0 fully saturated rings. The highest BCUT2D eigenvalue weighted by molar-refractivity contribution is 5.96. The van der Waals surface area contributed by atoms with Gasteiger partial charge in [0.25, 0.3) is 0 Å². The number of carboxylic acid groups (broad SMARTS) is 2. The maximum Gasteiger partial charge on any atom is 0.326 e. The maximum absolute atomic E-state index is 12.9. The number of carbonyl (C=O) groups is 5. The van der Waals surface area contributed by atoms with Gasteiger partial charge in [0.2, 0.25) is 17.7 Å². The molecule has 1 heterocycles. The minimum Gasteiger partial charge on any atom is -0.481 e. The highest BCUT2D eigenvalue weighted by Crippen LogP contribution is 2.18. The SMILES string of the molecule is CC(C)C(NC(=O)C(CC(=O)O)NC(=O)C(NC(=O)C(N)Cc1c[nH]c2ccccc12)C(C)O)C(=O)O. The fraction of sp³-hybridized carbons (Fsp3) is 0.458. The summed E-state index contributed by atoms with van der Waals surface area (Å²) in [5.74, 6) is -6.12. The molecule has 0 aliphatic rings. The van der Waals surface area contributed by atoms with Crippen LogP contribution < -0.4 is 21.7 Å². The van der Waals surface area contributed by atoms with Gasteiger partial charge in [-0.3, -0.25) is 19.2 Å². The fourth-order valence-electron chi connectivity index (χ4n) is 3.71. The van der Waals surface area contributed by atoms with E-state index in [-0.39, 0.29) is 6.42 Å². The first-order valence-corrected chi connectivity index (χ1v) is 11.7. The van der Waals surface area contributed by atoms with Crippen LogP contribution >= 0.6 is 0 Å². The number of rotatable bonds is 13. The summed E-state index contributed by atoms with van der Waals surface area (Å²) in [7, 11) is 0. The van der Waals surface area contributed by atoms with Crippen molar-refractivity contribution >= 4 is 40.6 Å². The number of carbonyl (C=O) groups excluding carboxylic acids is 3. The predicted molar refractivity (Wildman–Crippen MR) is 132 cm³/mol. The molecule has 1 aromatic carbocycles. The van der Waals surface area contributed by atoms with Gasteiger partial charge in [-0.05, 0) is 30.9 Å². The summed E-state index contributed by atoms with van der Waals surface area (Å²) in [6.07, 6.45) is -0.449. The molecule has 0 saturated carbocycles. The molecule has 3 amide bonds. The number of nitrogens with one attached hydrogen (secondary N) is 4. The average Bonchev–Trinajstić information content (AvgIpc) is 3.21. The molecule has 13 heteroatoms. The minimum atomic E-state index is -1.66. The van der Waals surface area contributed by atoms with Crippen LogP contribution in [0.5, 0.6) is 0 Å². The molecule has 5 unspecified atom stereocenters. The molecule has 13 nitrogen and oxygen atoms in total. The van der Waals surface area contributed by atoms with E-state index in [0.717, 1.165) is 16.5 Å². The number of nitrogens with two attached hydrogens (primary N) is 1. The van der Waals surface area contributed by atoms with Crippen molar-refractivity contribution < 1.29 is 39.3 Å². The number of hydrogen-bond donors (Lipinski definition) is 8. The molecular formula is C24H33N5O8. The Morgan fingerprint density at radius 1 is 0.919 bits per heavy atom. The van der Waals surface area contributed by atoms with Crippen molar-refractivity contribution in [1.82, 2.24) is 20.9 Å². The van der Waals surface area contributed by atoms with E-state index in [1.807, 2.05) is 24.3 Å². The maximum atomic E-state index is 12.9. The van der Waals surface area contributed by atoms with Gasteiger partial charge >= 0.3 is 11.9 Å². The largest absolute Gasteiger partial charge is 0.481 e. The van der Waals surface area contributed by atoms with Crippen LogP contribution in [0.1, 0.15) is 32.8 Å². The molecule has 37 heavy (non-hydrogen) atoms. The number of H-pyrrole nitrogens is 1. The van der Waals surface area contributed by atoms with Crippen LogP contribution in [0, 0.1) is 5.92 Å². The highest BCUT2D eigenvalue weighted by Gasteiger charge is 2.34. The summed E-state index contributed by atoms with van der Waals surface area (Å²) >= 11 is 0. The van der Waals surface area contributed by atoms with E-state index >= 15 is 0 Å². The van der Waals surface area contributed by atoms with Crippen LogP contribution in [0.4, 0.5) is 0 Å². The van der Waals surface area contributed by atoms with Crippen LogP contribution in [-0.4, -0.2) is 80.2 Å². The highest BCUT2D eigenvalue weighted by atomic mass is 16.4. The van der Waals surface area contributed by atoms with Crippen molar-refractivity contribution in [2.24, 2.45) is 11.7 Å². The molecule has 202 valence electrons. The van der Waals surface area contributed by atoms with Gasteiger partial charge in [0.1, 0.15) is 18.1 Å². The number of carboxylic acids is 2. The first-order chi connectivity index (χ1) is 17.3. The first-order valence-electron chi connectivity index (χ1n) is 11.7. The van der Waals surface area contributed by atoms with Crippen LogP contribution in [0.15, 0.2) is 30.5 Å². The summed E-state index contributed by atoms with van der Waals surface area (Å²) in [4.78, 5) is 64.0. The van der Waals surface area contributed by atoms with Gasteiger partial charge in [-0.15, -0.1) is 0 Å². The molecule has 9 N–H and O–H groups in total. The Labute approximate surface area is 212 Å². The molecular weight excluding hydrogens is 486 g/mol. The average molecular weight is 520 g/mol. The Morgan fingerprint density at radius 3 is 2.11 bits per heavy atom. The molecule has 0 aliphatic carbocycles. The van der Waals surface area contributed by atoms with Gasteiger partial charge < -0.3 is 42.0 Å². The van der Waals surface area contributed by atoms with E-state index in [9.17, 15) is 39.3 Å². The van der Waals surface area contributed by atoms with E-state index < -0.39 is 72.3 Å². The third-order valence-corrected chi connectivity index (χ3v) is 5.76. The summed E-state index contributed by atoms with van der Waals surface area (Å²) in [5.41, 5.74) is 7.67. The van der Waals surface area contributed by atoms with Gasteiger partial charge in [-0.25, -0.2) is 4.79 Å². The lowest BCUT2D eigenvalue weighted by Crippen LogP contribution is -2.60. The predicted octanol–water partition coefficient (Wildman–Crippen LogP) is -0.912. The molecule has 0 bridgehead atoms. The summed E-state index contributed by atoms with van der Waals surface area (Å²) < 4.78 is 0. The number of aliphatic carboxylic acids is 2. The van der Waals surface area contributed by atoms with Gasteiger partial charge in [-0.2, -0.15) is 0 Å². The van der Waals surface area contributed by atoms with Crippen LogP contribution in [0.25, 0.3) is 10.9 Å². The zero-order chi connectivity index (χ0) is 27.9. The smallest absolute Gasteiger partial charge is 0.326 e. The zero-order valence-corrected chi connectivity index (χ0v) is 20.7. The molecule has 1 aromatic heterocycles. The lowest BCUT2D eigenvalue weighted by atomic mass is 10.0. The summed E-state index contributed by atoms with van der Waals surface area (Å²) in [6.45, 7) is 4.31. The number of fused-ring (bicyclic) bond motifs is 1. The number of hydrogen-bond acceptors (Lipinski definition) is 7. The molecule has 0 aliphatic heterocycles. The summed E-state index contributed by atoms with van der Waals surface area (Å²) in [5, 5.41) is 36.2. The second-order valence-electron chi connectivity index (χ2n) is 9.12. The number of aliphatic hydroxyl groups excluding tert-OH is 1. The lowest BCUT2D eigenvalue weighted by molar-refractivity contribution is -0.144. The van der Waals surface area contributed by atoms with Crippen molar-refractivity contribution in [1.29, 1.82) is 0 Å². The second-order valence-corrected chi connectivity index (χ2v) is 9.12. The van der Waals surface area contributed by atoms with Crippen LogP contribution in [-0.2, 0) is 30.4 Å². The molecule has 2 aromatic rings. The van der Waals surface area contributed by atoms with E-state index in [0.29, 0.717) is 0 Å². The third kappa shape index (κ3) is 8.02. The Morgan fingerprint density at radius 2 is 1.54 bits per heavy atom. The van der Waals surface area contributed by atoms with Crippen LogP contribution in [0.3, 0.4) is 0 Å². The normalized spacial score (nSPS) is 15.3. The van der Waals surface area contributed by atoms with Crippen molar-refractivity contribution in [3.8, 4) is 0 Å². The topological polar surface area (TPSA) is 224 Å². The standard InChI is InChI=1S/C24H33N5O8/c1-11(2)19(24(36)37)28-22(34)17(9-18(31)32)27-23(35)20(12(3)30)29-21(33)15(25)8-13-10-26-16-7-5-4-6-14(13)16/h4-7,10-12,15,17,19-20,26,30H,8-9,25H2,1-3H3,(H,27,35)(H,28,34)(H,29,33)(H,31,32)(H,36,37). The number of amides is 3. The number of aliphatic hydroxyl groups is 1. The third-order valence-electron chi connectivity index (χ3n) is 5.76. The van der Waals surface area contributed by atoms with E-state index in [2.05, 4.69) is 20.9 Å².